The van der Waals surface area contributed by atoms with E-state index in [1.54, 1.807) is 12.1 Å². The number of aromatic carboxylic acids is 1. The Morgan fingerprint density at radius 1 is 1.22 bits per heavy atom. The van der Waals surface area contributed by atoms with Crippen molar-refractivity contribution in [1.29, 1.82) is 0 Å². The highest BCUT2D eigenvalue weighted by Crippen LogP contribution is 2.36. The second-order valence-electron chi connectivity index (χ2n) is 6.97. The van der Waals surface area contributed by atoms with Gasteiger partial charge in [-0.3, -0.25) is 4.79 Å². The molecule has 4 nitrogen and oxygen atoms in total. The Morgan fingerprint density at radius 3 is 2.65 bits per heavy atom. The molecule has 0 heterocycles. The monoisotopic (exact) mass is 315 g/mol. The quantitative estimate of drug-likeness (QED) is 0.899. The molecule has 124 valence electrons. The number of hydrogen-bond acceptors (Lipinski definition) is 2. The number of amides is 1. The SMILES string of the molecule is CN(C(=O)CCC1CCCC1)[C@@H]1CCc2ccc(C(=O)O)cc21. The standard InChI is InChI=1S/C19H25NO3/c1-20(18(21)11-6-13-4-2-3-5-13)17-10-9-14-7-8-15(19(22)23)12-16(14)17/h7-8,12-13,17H,2-6,9-11H2,1H3,(H,22,23)/t17-/m1/s1. The van der Waals surface area contributed by atoms with Crippen molar-refractivity contribution in [2.75, 3.05) is 7.05 Å². The van der Waals surface area contributed by atoms with Gasteiger partial charge in [0.25, 0.3) is 0 Å². The Labute approximate surface area is 137 Å². The second kappa shape index (κ2) is 6.73. The van der Waals surface area contributed by atoms with Crippen molar-refractivity contribution in [2.24, 2.45) is 5.92 Å². The Morgan fingerprint density at radius 2 is 1.96 bits per heavy atom. The van der Waals surface area contributed by atoms with E-state index in [4.69, 9.17) is 0 Å². The number of rotatable bonds is 5. The highest BCUT2D eigenvalue weighted by Gasteiger charge is 2.29. The van der Waals surface area contributed by atoms with Gasteiger partial charge in [0.05, 0.1) is 11.6 Å². The summed E-state index contributed by atoms with van der Waals surface area (Å²) in [7, 11) is 1.87. The van der Waals surface area contributed by atoms with Gasteiger partial charge in [0.15, 0.2) is 0 Å². The summed E-state index contributed by atoms with van der Waals surface area (Å²) in [4.78, 5) is 25.5. The third-order valence-corrected chi connectivity index (χ3v) is 5.54. The lowest BCUT2D eigenvalue weighted by Gasteiger charge is -2.26. The molecule has 0 unspecified atom stereocenters. The number of benzene rings is 1. The molecule has 0 aromatic heterocycles. The van der Waals surface area contributed by atoms with E-state index in [-0.39, 0.29) is 11.9 Å². The zero-order valence-corrected chi connectivity index (χ0v) is 13.8. The average molecular weight is 315 g/mol. The highest BCUT2D eigenvalue weighted by atomic mass is 16.4. The summed E-state index contributed by atoms with van der Waals surface area (Å²) in [6.07, 6.45) is 8.58. The topological polar surface area (TPSA) is 57.6 Å². The molecule has 2 aliphatic carbocycles. The maximum Gasteiger partial charge on any atom is 0.335 e. The van der Waals surface area contributed by atoms with Crippen LogP contribution < -0.4 is 0 Å². The van der Waals surface area contributed by atoms with Crippen molar-refractivity contribution < 1.29 is 14.7 Å². The fourth-order valence-corrected chi connectivity index (χ4v) is 4.09. The van der Waals surface area contributed by atoms with Gasteiger partial charge in [0.1, 0.15) is 0 Å². The van der Waals surface area contributed by atoms with Crippen LogP contribution in [0.15, 0.2) is 18.2 Å². The minimum Gasteiger partial charge on any atom is -0.478 e. The molecule has 0 saturated heterocycles. The van der Waals surface area contributed by atoms with Gasteiger partial charge in [0.2, 0.25) is 5.91 Å². The summed E-state index contributed by atoms with van der Waals surface area (Å²) in [6.45, 7) is 0. The third-order valence-electron chi connectivity index (χ3n) is 5.54. The first-order valence-electron chi connectivity index (χ1n) is 8.68. The minimum atomic E-state index is -0.909. The molecule has 0 radical (unpaired) electrons. The van der Waals surface area contributed by atoms with E-state index in [0.717, 1.165) is 30.7 Å². The number of nitrogens with zero attached hydrogens (tertiary/aromatic N) is 1. The van der Waals surface area contributed by atoms with Gasteiger partial charge in [-0.2, -0.15) is 0 Å². The lowest BCUT2D eigenvalue weighted by molar-refractivity contribution is -0.132. The van der Waals surface area contributed by atoms with Gasteiger partial charge < -0.3 is 10.0 Å². The maximum absolute atomic E-state index is 12.5. The molecule has 0 aliphatic heterocycles. The van der Waals surface area contributed by atoms with Crippen molar-refractivity contribution in [1.82, 2.24) is 4.90 Å². The van der Waals surface area contributed by atoms with Gasteiger partial charge in [0, 0.05) is 13.5 Å². The van der Waals surface area contributed by atoms with Gasteiger partial charge in [-0.05, 0) is 48.4 Å². The molecular weight excluding hydrogens is 290 g/mol. The van der Waals surface area contributed by atoms with Crippen LogP contribution in [0, 0.1) is 5.92 Å². The molecule has 1 amide bonds. The number of hydrogen-bond donors (Lipinski definition) is 1. The molecule has 0 spiro atoms. The molecule has 1 fully saturated rings. The second-order valence-corrected chi connectivity index (χ2v) is 6.97. The lowest BCUT2D eigenvalue weighted by atomic mass is 10.00. The van der Waals surface area contributed by atoms with Crippen LogP contribution >= 0.6 is 0 Å². The van der Waals surface area contributed by atoms with Crippen molar-refractivity contribution in [3.05, 3.63) is 34.9 Å². The number of carbonyl (C=O) groups excluding carboxylic acids is 1. The van der Waals surface area contributed by atoms with Gasteiger partial charge in [-0.15, -0.1) is 0 Å². The predicted molar refractivity (Wildman–Crippen MR) is 88.4 cm³/mol. The first-order valence-corrected chi connectivity index (χ1v) is 8.68. The highest BCUT2D eigenvalue weighted by molar-refractivity contribution is 5.88. The summed E-state index contributed by atoms with van der Waals surface area (Å²) < 4.78 is 0. The fraction of sp³-hybridized carbons (Fsp3) is 0.579. The lowest BCUT2D eigenvalue weighted by Crippen LogP contribution is -2.30. The molecule has 4 heteroatoms. The normalized spacial score (nSPS) is 20.5. The molecule has 1 atom stereocenters. The van der Waals surface area contributed by atoms with Gasteiger partial charge >= 0.3 is 5.97 Å². The average Bonchev–Trinajstić information content (AvgIpc) is 3.20. The Kier molecular flexibility index (Phi) is 4.69. The van der Waals surface area contributed by atoms with Gasteiger partial charge in [-0.1, -0.05) is 31.7 Å². The summed E-state index contributed by atoms with van der Waals surface area (Å²) in [5, 5.41) is 9.18. The zero-order chi connectivity index (χ0) is 16.4. The molecule has 23 heavy (non-hydrogen) atoms. The van der Waals surface area contributed by atoms with Crippen molar-refractivity contribution in [3.63, 3.8) is 0 Å². The molecule has 3 rings (SSSR count). The van der Waals surface area contributed by atoms with Crippen LogP contribution in [0.4, 0.5) is 0 Å². The van der Waals surface area contributed by atoms with E-state index in [1.165, 1.54) is 31.2 Å². The Bertz CT molecular complexity index is 605. The Balaban J connectivity index is 1.66. The number of aryl methyl sites for hydroxylation is 1. The number of fused-ring (bicyclic) bond motifs is 1. The molecule has 1 aromatic rings. The first-order chi connectivity index (χ1) is 11.1. The first kappa shape index (κ1) is 16.0. The van der Waals surface area contributed by atoms with Crippen LogP contribution in [0.5, 0.6) is 0 Å². The molecule has 1 aromatic carbocycles. The smallest absolute Gasteiger partial charge is 0.335 e. The zero-order valence-electron chi connectivity index (χ0n) is 13.8. The van der Waals surface area contributed by atoms with Crippen molar-refractivity contribution in [2.45, 2.75) is 57.4 Å². The number of carbonyl (C=O) groups is 2. The number of carboxylic acid groups (broad SMARTS) is 1. The van der Waals surface area contributed by atoms with Crippen LogP contribution in [-0.4, -0.2) is 28.9 Å². The van der Waals surface area contributed by atoms with Crippen LogP contribution in [0.25, 0.3) is 0 Å². The van der Waals surface area contributed by atoms with E-state index < -0.39 is 5.97 Å². The Hall–Kier alpha value is -1.84. The summed E-state index contributed by atoms with van der Waals surface area (Å²) >= 11 is 0. The molecule has 2 aliphatic rings. The van der Waals surface area contributed by atoms with E-state index >= 15 is 0 Å². The van der Waals surface area contributed by atoms with Crippen LogP contribution in [-0.2, 0) is 11.2 Å². The molecule has 1 N–H and O–H groups in total. The molecule has 0 bridgehead atoms. The van der Waals surface area contributed by atoms with Crippen molar-refractivity contribution in [3.8, 4) is 0 Å². The molecular formula is C19H25NO3. The molecule has 1 saturated carbocycles. The van der Waals surface area contributed by atoms with Crippen LogP contribution in [0.2, 0.25) is 0 Å². The predicted octanol–water partition coefficient (Wildman–Crippen LogP) is 3.80. The van der Waals surface area contributed by atoms with Crippen molar-refractivity contribution >= 4 is 11.9 Å². The van der Waals surface area contributed by atoms with Crippen LogP contribution in [0.1, 0.15) is 72.5 Å². The van der Waals surface area contributed by atoms with E-state index in [9.17, 15) is 14.7 Å². The number of carboxylic acids is 1. The fourth-order valence-electron chi connectivity index (χ4n) is 4.09. The van der Waals surface area contributed by atoms with E-state index in [1.807, 2.05) is 18.0 Å². The summed E-state index contributed by atoms with van der Waals surface area (Å²) in [6, 6.07) is 5.33. The van der Waals surface area contributed by atoms with E-state index in [2.05, 4.69) is 0 Å². The third kappa shape index (κ3) is 3.41. The maximum atomic E-state index is 12.5. The largest absolute Gasteiger partial charge is 0.478 e. The van der Waals surface area contributed by atoms with Crippen LogP contribution in [0.3, 0.4) is 0 Å². The summed E-state index contributed by atoms with van der Waals surface area (Å²) in [5.74, 6) is 0.00553. The minimum absolute atomic E-state index is 0.0281. The van der Waals surface area contributed by atoms with Gasteiger partial charge in [-0.25, -0.2) is 4.79 Å². The van der Waals surface area contributed by atoms with E-state index in [0.29, 0.717) is 12.0 Å². The summed E-state index contributed by atoms with van der Waals surface area (Å²) in [5.41, 5.74) is 2.50.